The van der Waals surface area contributed by atoms with Crippen molar-refractivity contribution in [2.45, 2.75) is 13.1 Å². The maximum atomic E-state index is 12.4. The lowest BCUT2D eigenvalue weighted by molar-refractivity contribution is -0.159. The number of aromatic nitrogens is 2. The molecule has 0 spiro atoms. The van der Waals surface area contributed by atoms with Gasteiger partial charge in [-0.05, 0) is 31.2 Å². The highest BCUT2D eigenvalue weighted by Crippen LogP contribution is 2.29. The number of anilines is 1. The van der Waals surface area contributed by atoms with Crippen LogP contribution in [0.4, 0.5) is 23.7 Å². The van der Waals surface area contributed by atoms with Gasteiger partial charge in [-0.15, -0.1) is 0 Å². The number of hydrogen-bond acceptors (Lipinski definition) is 5. The fraction of sp³-hybridized carbons (Fsp3) is 0.214. The number of halogens is 3. The first kappa shape index (κ1) is 17.5. The number of hydroxylamine groups is 1. The molecule has 0 radical (unpaired) electrons. The lowest BCUT2D eigenvalue weighted by atomic mass is 10.2. The van der Waals surface area contributed by atoms with Crippen LogP contribution in [0, 0.1) is 0 Å². The van der Waals surface area contributed by atoms with E-state index < -0.39 is 18.1 Å². The standard InChI is InChI=1S/C14H13F3N4O3/c1-8(2)7-23-21-13(22)18-10-5-3-9(4-6-10)11-19-12(24-20-11)14(15,16)17/h3-6H,1,7H2,2H3,(H2,18,21,22). The molecule has 128 valence electrons. The number of rotatable bonds is 5. The number of nitrogens with zero attached hydrogens (tertiary/aromatic N) is 2. The highest BCUT2D eigenvalue weighted by Gasteiger charge is 2.38. The van der Waals surface area contributed by atoms with Crippen molar-refractivity contribution < 1.29 is 27.3 Å². The summed E-state index contributed by atoms with van der Waals surface area (Å²) in [6, 6.07) is 5.21. The minimum Gasteiger partial charge on any atom is -0.329 e. The van der Waals surface area contributed by atoms with Crippen LogP contribution in [-0.4, -0.2) is 22.8 Å². The Morgan fingerprint density at radius 3 is 2.54 bits per heavy atom. The summed E-state index contributed by atoms with van der Waals surface area (Å²) in [6.45, 7) is 5.51. The number of carbonyl (C=O) groups excluding carboxylic acids is 1. The van der Waals surface area contributed by atoms with Gasteiger partial charge in [-0.2, -0.15) is 18.2 Å². The molecule has 2 rings (SSSR count). The van der Waals surface area contributed by atoms with E-state index in [-0.39, 0.29) is 12.4 Å². The van der Waals surface area contributed by atoms with Gasteiger partial charge in [-0.3, -0.25) is 4.84 Å². The monoisotopic (exact) mass is 342 g/mol. The third-order valence-corrected chi connectivity index (χ3v) is 2.55. The Morgan fingerprint density at radius 1 is 1.33 bits per heavy atom. The molecule has 2 N–H and O–H groups in total. The van der Waals surface area contributed by atoms with E-state index in [0.717, 1.165) is 5.57 Å². The first-order valence-corrected chi connectivity index (χ1v) is 6.60. The highest BCUT2D eigenvalue weighted by atomic mass is 19.4. The summed E-state index contributed by atoms with van der Waals surface area (Å²) in [5, 5.41) is 5.74. The molecular formula is C14H13F3N4O3. The van der Waals surface area contributed by atoms with Gasteiger partial charge in [-0.1, -0.05) is 17.3 Å². The second-order valence-electron chi connectivity index (χ2n) is 4.80. The third-order valence-electron chi connectivity index (χ3n) is 2.55. The summed E-state index contributed by atoms with van der Waals surface area (Å²) in [7, 11) is 0. The minimum absolute atomic E-state index is 0.172. The molecule has 0 aliphatic heterocycles. The molecule has 0 saturated heterocycles. The van der Waals surface area contributed by atoms with E-state index in [2.05, 4.69) is 32.0 Å². The van der Waals surface area contributed by atoms with Crippen LogP contribution < -0.4 is 10.8 Å². The van der Waals surface area contributed by atoms with E-state index >= 15 is 0 Å². The number of carbonyl (C=O) groups is 1. The van der Waals surface area contributed by atoms with Crippen molar-refractivity contribution in [3.05, 3.63) is 42.3 Å². The van der Waals surface area contributed by atoms with Gasteiger partial charge in [0, 0.05) is 11.3 Å². The fourth-order valence-corrected chi connectivity index (χ4v) is 1.54. The van der Waals surface area contributed by atoms with Gasteiger partial charge < -0.3 is 9.84 Å². The molecule has 10 heteroatoms. The summed E-state index contributed by atoms with van der Waals surface area (Å²) in [5.74, 6) is -1.63. The average molecular weight is 342 g/mol. The zero-order valence-electron chi connectivity index (χ0n) is 12.5. The molecule has 2 aromatic rings. The van der Waals surface area contributed by atoms with E-state index in [9.17, 15) is 18.0 Å². The predicted octanol–water partition coefficient (Wildman–Crippen LogP) is 3.38. The molecule has 7 nitrogen and oxygen atoms in total. The number of alkyl halides is 3. The van der Waals surface area contributed by atoms with Crippen molar-refractivity contribution in [1.29, 1.82) is 0 Å². The Hall–Kier alpha value is -2.88. The first-order chi connectivity index (χ1) is 11.3. The van der Waals surface area contributed by atoms with Crippen LogP contribution in [0.15, 0.2) is 40.9 Å². The van der Waals surface area contributed by atoms with Crippen LogP contribution >= 0.6 is 0 Å². The van der Waals surface area contributed by atoms with E-state index in [1.807, 2.05) is 0 Å². The van der Waals surface area contributed by atoms with Crippen molar-refractivity contribution >= 4 is 11.7 Å². The number of benzene rings is 1. The first-order valence-electron chi connectivity index (χ1n) is 6.60. The van der Waals surface area contributed by atoms with Crippen molar-refractivity contribution in [3.8, 4) is 11.4 Å². The molecule has 0 aliphatic rings. The minimum atomic E-state index is -4.70. The van der Waals surface area contributed by atoms with Crippen LogP contribution in [-0.2, 0) is 11.0 Å². The topological polar surface area (TPSA) is 89.3 Å². The van der Waals surface area contributed by atoms with Crippen LogP contribution in [0.3, 0.4) is 0 Å². The Kier molecular flexibility index (Phi) is 5.19. The lowest BCUT2D eigenvalue weighted by Gasteiger charge is -2.07. The van der Waals surface area contributed by atoms with Gasteiger partial charge in [0.25, 0.3) is 0 Å². The summed E-state index contributed by atoms with van der Waals surface area (Å²) in [4.78, 5) is 19.6. The quantitative estimate of drug-likeness (QED) is 0.642. The molecule has 0 bridgehead atoms. The lowest BCUT2D eigenvalue weighted by Crippen LogP contribution is -2.29. The normalized spacial score (nSPS) is 11.2. The number of hydrogen-bond donors (Lipinski definition) is 2. The molecule has 1 aromatic carbocycles. The van der Waals surface area contributed by atoms with Gasteiger partial charge in [0.15, 0.2) is 0 Å². The van der Waals surface area contributed by atoms with Gasteiger partial charge in [0.2, 0.25) is 5.82 Å². The van der Waals surface area contributed by atoms with E-state index in [1.54, 1.807) is 6.92 Å². The molecule has 0 atom stereocenters. The molecule has 0 saturated carbocycles. The van der Waals surface area contributed by atoms with Crippen molar-refractivity contribution in [1.82, 2.24) is 15.6 Å². The van der Waals surface area contributed by atoms with E-state index in [1.165, 1.54) is 24.3 Å². The smallest absolute Gasteiger partial charge is 0.329 e. The zero-order valence-corrected chi connectivity index (χ0v) is 12.5. The maximum Gasteiger partial charge on any atom is 0.471 e. The van der Waals surface area contributed by atoms with Gasteiger partial charge in [0.05, 0.1) is 6.61 Å². The molecule has 24 heavy (non-hydrogen) atoms. The van der Waals surface area contributed by atoms with Gasteiger partial charge in [0.1, 0.15) is 0 Å². The summed E-state index contributed by atoms with van der Waals surface area (Å²) < 4.78 is 41.4. The maximum absolute atomic E-state index is 12.4. The van der Waals surface area contributed by atoms with Crippen LogP contribution in [0.25, 0.3) is 11.4 Å². The second kappa shape index (κ2) is 7.13. The Labute approximate surface area is 134 Å². The molecule has 1 aromatic heterocycles. The SMILES string of the molecule is C=C(C)CONC(=O)Nc1ccc(-c2noc(C(F)(F)F)n2)cc1. The van der Waals surface area contributed by atoms with Crippen molar-refractivity contribution in [2.75, 3.05) is 11.9 Å². The molecular weight excluding hydrogens is 329 g/mol. The molecule has 2 amide bonds. The zero-order chi connectivity index (χ0) is 17.7. The number of amides is 2. The Balaban J connectivity index is 1.96. The second-order valence-corrected chi connectivity index (χ2v) is 4.80. The summed E-state index contributed by atoms with van der Waals surface area (Å²) in [6.07, 6.45) is -4.70. The van der Waals surface area contributed by atoms with Crippen molar-refractivity contribution in [2.24, 2.45) is 0 Å². The van der Waals surface area contributed by atoms with Crippen LogP contribution in [0.2, 0.25) is 0 Å². The highest BCUT2D eigenvalue weighted by molar-refractivity contribution is 5.88. The van der Waals surface area contributed by atoms with Gasteiger partial charge in [-0.25, -0.2) is 10.3 Å². The largest absolute Gasteiger partial charge is 0.471 e. The molecule has 0 fully saturated rings. The van der Waals surface area contributed by atoms with E-state index in [4.69, 9.17) is 4.84 Å². The molecule has 0 aliphatic carbocycles. The van der Waals surface area contributed by atoms with E-state index in [0.29, 0.717) is 11.3 Å². The Morgan fingerprint density at radius 2 is 2.00 bits per heavy atom. The number of nitrogens with one attached hydrogen (secondary N) is 2. The fourth-order valence-electron chi connectivity index (χ4n) is 1.54. The van der Waals surface area contributed by atoms with Crippen LogP contribution in [0.1, 0.15) is 12.8 Å². The molecule has 0 unspecified atom stereocenters. The predicted molar refractivity (Wildman–Crippen MR) is 77.7 cm³/mol. The van der Waals surface area contributed by atoms with Gasteiger partial charge >= 0.3 is 18.1 Å². The number of urea groups is 1. The summed E-state index contributed by atoms with van der Waals surface area (Å²) in [5.41, 5.74) is 3.59. The average Bonchev–Trinajstić information content (AvgIpc) is 2.97. The Bertz CT molecular complexity index is 726. The van der Waals surface area contributed by atoms with Crippen molar-refractivity contribution in [3.63, 3.8) is 0 Å². The van der Waals surface area contributed by atoms with Crippen LogP contribution in [0.5, 0.6) is 0 Å². The summed E-state index contributed by atoms with van der Waals surface area (Å²) >= 11 is 0. The molecule has 1 heterocycles. The third kappa shape index (κ3) is 4.81.